The fraction of sp³-hybridized carbons (Fsp3) is 0.222. The van der Waals surface area contributed by atoms with Gasteiger partial charge in [-0.15, -0.1) is 0 Å². The van der Waals surface area contributed by atoms with Gasteiger partial charge in [0.2, 0.25) is 5.75 Å². The summed E-state index contributed by atoms with van der Waals surface area (Å²) < 4.78 is 47.0. The number of ether oxygens (including phenoxy) is 6. The predicted octanol–water partition coefficient (Wildman–Crippen LogP) is 6.00. The summed E-state index contributed by atoms with van der Waals surface area (Å²) in [7, 11) is 6.11. The number of carbonyl (C=O) groups excluding carboxylic acids is 1. The Bertz CT molecular complexity index is 1200. The van der Waals surface area contributed by atoms with Crippen molar-refractivity contribution < 1.29 is 37.6 Å². The smallest absolute Gasteiger partial charge is 0.342 e. The fourth-order valence-electron chi connectivity index (χ4n) is 3.36. The fourth-order valence-corrected chi connectivity index (χ4v) is 3.36. The van der Waals surface area contributed by atoms with Gasteiger partial charge in [0.1, 0.15) is 5.56 Å². The largest absolute Gasteiger partial charge is 0.493 e. The number of rotatable bonds is 10. The molecule has 0 radical (unpaired) electrons. The second-order valence-electron chi connectivity index (χ2n) is 7.14. The minimum atomic E-state index is -0.698. The second-order valence-corrected chi connectivity index (χ2v) is 7.14. The Balaban J connectivity index is 1.97. The number of carbonyl (C=O) groups is 1. The third-order valence-corrected chi connectivity index (χ3v) is 5.02. The summed E-state index contributed by atoms with van der Waals surface area (Å²) in [4.78, 5) is 12.3. The Kier molecular flexibility index (Phi) is 8.56. The van der Waals surface area contributed by atoms with Gasteiger partial charge in [-0.3, -0.25) is 0 Å². The van der Waals surface area contributed by atoms with Gasteiger partial charge in [0, 0.05) is 0 Å². The summed E-state index contributed by atoms with van der Waals surface area (Å²) in [6, 6.07) is 12.9. The van der Waals surface area contributed by atoms with Crippen molar-refractivity contribution >= 4 is 18.1 Å². The molecular weight excluding hydrogens is 455 g/mol. The van der Waals surface area contributed by atoms with Crippen LogP contribution in [-0.2, 0) is 4.74 Å². The molecule has 8 heteroatoms. The first-order valence-corrected chi connectivity index (χ1v) is 10.7. The molecule has 0 aromatic heterocycles. The molecule has 0 amide bonds. The monoisotopic (exact) mass is 482 g/mol. The molecule has 0 aliphatic rings. The van der Waals surface area contributed by atoms with Crippen LogP contribution in [0.2, 0.25) is 0 Å². The van der Waals surface area contributed by atoms with Crippen molar-refractivity contribution in [1.29, 1.82) is 0 Å². The maximum atomic E-state index is 14.6. The van der Waals surface area contributed by atoms with Gasteiger partial charge in [0.05, 0.1) is 35.0 Å². The number of esters is 1. The molecular formula is C27H27FO7. The molecule has 0 heterocycles. The molecule has 3 aromatic carbocycles. The highest BCUT2D eigenvalue weighted by Crippen LogP contribution is 2.39. The lowest BCUT2D eigenvalue weighted by Crippen LogP contribution is -2.07. The van der Waals surface area contributed by atoms with Gasteiger partial charge in [-0.25, -0.2) is 9.18 Å². The number of hydrogen-bond donors (Lipinski definition) is 0. The number of methoxy groups -OCH3 is 4. The molecule has 3 rings (SSSR count). The third kappa shape index (κ3) is 5.84. The lowest BCUT2D eigenvalue weighted by Gasteiger charge is -2.14. The van der Waals surface area contributed by atoms with E-state index in [1.54, 1.807) is 33.3 Å². The van der Waals surface area contributed by atoms with Crippen molar-refractivity contribution in [2.45, 2.75) is 6.92 Å². The maximum Gasteiger partial charge on any atom is 0.342 e. The molecule has 0 bridgehead atoms. The van der Waals surface area contributed by atoms with E-state index in [4.69, 9.17) is 28.4 Å². The van der Waals surface area contributed by atoms with Crippen molar-refractivity contribution in [2.75, 3.05) is 35.0 Å². The van der Waals surface area contributed by atoms with E-state index in [2.05, 4.69) is 0 Å². The van der Waals surface area contributed by atoms with Crippen molar-refractivity contribution in [3.8, 4) is 34.5 Å². The Morgan fingerprint density at radius 2 is 1.40 bits per heavy atom. The van der Waals surface area contributed by atoms with E-state index < -0.39 is 11.8 Å². The van der Waals surface area contributed by atoms with Crippen LogP contribution < -0.4 is 23.7 Å². The van der Waals surface area contributed by atoms with Crippen LogP contribution in [0.15, 0.2) is 48.5 Å². The molecule has 0 unspecified atom stereocenters. The Morgan fingerprint density at radius 3 is 2.00 bits per heavy atom. The van der Waals surface area contributed by atoms with Crippen LogP contribution in [0.3, 0.4) is 0 Å². The van der Waals surface area contributed by atoms with E-state index in [0.29, 0.717) is 23.0 Å². The maximum absolute atomic E-state index is 14.6. The Labute approximate surface area is 203 Å². The van der Waals surface area contributed by atoms with Crippen LogP contribution in [0.1, 0.15) is 28.4 Å². The topological polar surface area (TPSA) is 72.5 Å². The zero-order valence-electron chi connectivity index (χ0n) is 20.2. The molecule has 184 valence electrons. The minimum absolute atomic E-state index is 0.0210. The zero-order valence-corrected chi connectivity index (χ0v) is 20.2. The van der Waals surface area contributed by atoms with Gasteiger partial charge in [-0.1, -0.05) is 24.3 Å². The van der Waals surface area contributed by atoms with Gasteiger partial charge in [0.15, 0.2) is 34.6 Å². The highest BCUT2D eigenvalue weighted by Gasteiger charge is 2.20. The van der Waals surface area contributed by atoms with E-state index in [0.717, 1.165) is 11.1 Å². The van der Waals surface area contributed by atoms with Crippen molar-refractivity contribution in [3.05, 3.63) is 71.0 Å². The van der Waals surface area contributed by atoms with E-state index in [1.807, 2.05) is 30.4 Å². The van der Waals surface area contributed by atoms with Crippen LogP contribution in [0, 0.1) is 5.82 Å². The summed E-state index contributed by atoms with van der Waals surface area (Å²) in [5.74, 6) is 0.524. The lowest BCUT2D eigenvalue weighted by atomic mass is 10.1. The van der Waals surface area contributed by atoms with E-state index >= 15 is 0 Å². The molecule has 0 N–H and O–H groups in total. The van der Waals surface area contributed by atoms with Crippen LogP contribution in [-0.4, -0.2) is 41.0 Å². The van der Waals surface area contributed by atoms with Crippen molar-refractivity contribution in [3.63, 3.8) is 0 Å². The zero-order chi connectivity index (χ0) is 25.4. The first-order valence-electron chi connectivity index (χ1n) is 10.7. The minimum Gasteiger partial charge on any atom is -0.493 e. The van der Waals surface area contributed by atoms with E-state index in [-0.39, 0.29) is 23.7 Å². The van der Waals surface area contributed by atoms with Gasteiger partial charge in [0.25, 0.3) is 0 Å². The van der Waals surface area contributed by atoms with Gasteiger partial charge < -0.3 is 28.4 Å². The number of para-hydroxylation sites is 1. The van der Waals surface area contributed by atoms with E-state index in [9.17, 15) is 9.18 Å². The molecule has 0 aliphatic carbocycles. The van der Waals surface area contributed by atoms with Crippen molar-refractivity contribution in [2.24, 2.45) is 0 Å². The van der Waals surface area contributed by atoms with Crippen LogP contribution in [0.5, 0.6) is 34.5 Å². The molecule has 0 fully saturated rings. The summed E-state index contributed by atoms with van der Waals surface area (Å²) >= 11 is 0. The number of hydrogen-bond acceptors (Lipinski definition) is 7. The average Bonchev–Trinajstić information content (AvgIpc) is 2.88. The van der Waals surface area contributed by atoms with Gasteiger partial charge in [-0.2, -0.15) is 0 Å². The van der Waals surface area contributed by atoms with Crippen molar-refractivity contribution in [1.82, 2.24) is 0 Å². The first-order chi connectivity index (χ1) is 16.9. The SMILES string of the molecule is CCOC(=O)c1cccc(F)c1Oc1cc(C=Cc2cc(OC)c(OC)c(OC)c2)ccc1OC. The van der Waals surface area contributed by atoms with Gasteiger partial charge >= 0.3 is 5.97 Å². The summed E-state index contributed by atoms with van der Waals surface area (Å²) in [5.41, 5.74) is 1.52. The predicted molar refractivity (Wildman–Crippen MR) is 130 cm³/mol. The normalized spacial score (nSPS) is 10.7. The molecule has 0 spiro atoms. The molecule has 3 aromatic rings. The lowest BCUT2D eigenvalue weighted by molar-refractivity contribution is 0.0522. The summed E-state index contributed by atoms with van der Waals surface area (Å²) in [6.07, 6.45) is 3.68. The molecule has 0 saturated heterocycles. The Morgan fingerprint density at radius 1 is 0.771 bits per heavy atom. The summed E-state index contributed by atoms with van der Waals surface area (Å²) in [6.45, 7) is 1.82. The molecule has 0 atom stereocenters. The number of halogens is 1. The van der Waals surface area contributed by atoms with E-state index in [1.165, 1.54) is 32.4 Å². The Hall–Kier alpha value is -4.20. The summed E-state index contributed by atoms with van der Waals surface area (Å²) in [5, 5.41) is 0. The van der Waals surface area contributed by atoms with Crippen LogP contribution in [0.4, 0.5) is 4.39 Å². The third-order valence-electron chi connectivity index (χ3n) is 5.02. The van der Waals surface area contributed by atoms with Crippen LogP contribution >= 0.6 is 0 Å². The first kappa shape index (κ1) is 25.4. The van der Waals surface area contributed by atoms with Crippen LogP contribution in [0.25, 0.3) is 12.2 Å². The quantitative estimate of drug-likeness (QED) is 0.259. The molecule has 35 heavy (non-hydrogen) atoms. The average molecular weight is 483 g/mol. The molecule has 7 nitrogen and oxygen atoms in total. The molecule has 0 saturated carbocycles. The second kappa shape index (κ2) is 11.8. The number of benzene rings is 3. The highest BCUT2D eigenvalue weighted by atomic mass is 19.1. The van der Waals surface area contributed by atoms with Gasteiger partial charge in [-0.05, 0) is 54.4 Å². The standard InChI is InChI=1S/C27H27FO7/c1-6-34-27(29)19-8-7-9-20(28)25(19)35-22-14-17(12-13-21(22)30-2)10-11-18-15-23(31-3)26(33-5)24(16-18)32-4/h7-16H,6H2,1-5H3. The molecule has 0 aliphatic heterocycles. The highest BCUT2D eigenvalue weighted by molar-refractivity contribution is 5.92.